The Bertz CT molecular complexity index is 1690. The Balaban J connectivity index is 1.33. The third-order valence-corrected chi connectivity index (χ3v) is 7.66. The van der Waals surface area contributed by atoms with E-state index in [0.717, 1.165) is 31.9 Å². The highest BCUT2D eigenvalue weighted by Gasteiger charge is 2.24. The van der Waals surface area contributed by atoms with Gasteiger partial charge in [-0.3, -0.25) is 19.8 Å². The van der Waals surface area contributed by atoms with Crippen molar-refractivity contribution in [3.8, 4) is 17.4 Å². The van der Waals surface area contributed by atoms with Gasteiger partial charge in [-0.1, -0.05) is 0 Å². The van der Waals surface area contributed by atoms with Gasteiger partial charge in [0, 0.05) is 62.0 Å². The predicted molar refractivity (Wildman–Crippen MR) is 158 cm³/mol. The van der Waals surface area contributed by atoms with E-state index in [0.29, 0.717) is 51.5 Å². The molecule has 0 radical (unpaired) electrons. The molecule has 12 heteroatoms. The zero-order valence-electron chi connectivity index (χ0n) is 23.2. The average molecular weight is 571 g/mol. The second kappa shape index (κ2) is 11.1. The molecule has 2 aliphatic rings. The number of likely N-dealkylation sites (N-methyl/N-ethyl adjacent to an activating group) is 2. The van der Waals surface area contributed by atoms with E-state index in [4.69, 9.17) is 14.5 Å². The second-order valence-electron chi connectivity index (χ2n) is 10.4. The van der Waals surface area contributed by atoms with Crippen LogP contribution in [0.15, 0.2) is 65.7 Å². The summed E-state index contributed by atoms with van der Waals surface area (Å²) >= 11 is 0. The lowest BCUT2D eigenvalue weighted by molar-refractivity contribution is -0.384. The monoisotopic (exact) mass is 570 g/mol. The molecule has 42 heavy (non-hydrogen) atoms. The fourth-order valence-corrected chi connectivity index (χ4v) is 5.16. The molecule has 0 spiro atoms. The number of non-ortho nitro benzene ring substituents is 1. The predicted octanol–water partition coefficient (Wildman–Crippen LogP) is 3.89. The molecule has 2 aliphatic heterocycles. The number of carbonyl (C=O) groups excluding carboxylic acids is 1. The standard InChI is InChI=1S/C30H30N6O6/c1-33-11-13-35(14-12-33)17-27(37)34(2)21-6-4-20(5-7-21)31-29(19-3-10-25-26(15-19)42-18-41-25)28-23-9-8-22(36(39)40)16-24(23)32-30(28)38/h3-10,15-16,32,38H,11-14,17-18H2,1-2H3. The Morgan fingerprint density at radius 1 is 1.05 bits per heavy atom. The summed E-state index contributed by atoms with van der Waals surface area (Å²) in [4.78, 5) is 37.6. The van der Waals surface area contributed by atoms with E-state index in [1.807, 2.05) is 18.2 Å². The van der Waals surface area contributed by atoms with Gasteiger partial charge in [0.15, 0.2) is 17.4 Å². The van der Waals surface area contributed by atoms with E-state index >= 15 is 0 Å². The van der Waals surface area contributed by atoms with Gasteiger partial charge < -0.3 is 29.4 Å². The van der Waals surface area contributed by atoms with Gasteiger partial charge in [0.05, 0.1) is 33.9 Å². The van der Waals surface area contributed by atoms with Crippen molar-refractivity contribution < 1.29 is 24.3 Å². The largest absolute Gasteiger partial charge is 0.494 e. The van der Waals surface area contributed by atoms with Crippen molar-refractivity contribution in [2.45, 2.75) is 0 Å². The molecule has 2 N–H and O–H groups in total. The third-order valence-electron chi connectivity index (χ3n) is 7.66. The Kier molecular flexibility index (Phi) is 7.23. The van der Waals surface area contributed by atoms with Crippen molar-refractivity contribution >= 4 is 39.6 Å². The van der Waals surface area contributed by atoms with Crippen molar-refractivity contribution in [3.05, 3.63) is 81.9 Å². The van der Waals surface area contributed by atoms with Crippen LogP contribution in [0.25, 0.3) is 10.9 Å². The molecule has 0 atom stereocenters. The number of rotatable bonds is 7. The molecule has 1 aromatic heterocycles. The number of aromatic nitrogens is 1. The SMILES string of the molecule is CN1CCN(CC(=O)N(C)c2ccc(N=C(c3ccc4c(c3)OCO4)c3c(O)[nH]c4cc([N+](=O)[O-])ccc34)cc2)CC1. The molecule has 216 valence electrons. The number of fused-ring (bicyclic) bond motifs is 2. The summed E-state index contributed by atoms with van der Waals surface area (Å²) in [5, 5.41) is 22.9. The van der Waals surface area contributed by atoms with Crippen molar-refractivity contribution in [1.82, 2.24) is 14.8 Å². The number of amides is 1. The molecule has 12 nitrogen and oxygen atoms in total. The summed E-state index contributed by atoms with van der Waals surface area (Å²) in [7, 11) is 3.84. The first-order valence-corrected chi connectivity index (χ1v) is 13.5. The van der Waals surface area contributed by atoms with E-state index < -0.39 is 4.92 Å². The van der Waals surface area contributed by atoms with Crippen LogP contribution in [0, 0.1) is 10.1 Å². The van der Waals surface area contributed by atoms with Gasteiger partial charge in [-0.2, -0.15) is 0 Å². The molecule has 0 bridgehead atoms. The van der Waals surface area contributed by atoms with Crippen LogP contribution in [0.2, 0.25) is 0 Å². The number of nitro benzene ring substituents is 1. The van der Waals surface area contributed by atoms with Crippen LogP contribution in [0.3, 0.4) is 0 Å². The number of aromatic hydroxyl groups is 1. The molecule has 1 amide bonds. The molecule has 3 aromatic carbocycles. The molecule has 6 rings (SSSR count). The molecule has 0 unspecified atom stereocenters. The van der Waals surface area contributed by atoms with Crippen LogP contribution >= 0.6 is 0 Å². The van der Waals surface area contributed by atoms with Gasteiger partial charge >= 0.3 is 0 Å². The molecular weight excluding hydrogens is 540 g/mol. The topological polar surface area (TPSA) is 137 Å². The number of nitro groups is 1. The number of nitrogens with one attached hydrogen (secondary N) is 1. The summed E-state index contributed by atoms with van der Waals surface area (Å²) in [5.41, 5.74) is 3.10. The first kappa shape index (κ1) is 27.2. The number of hydrogen-bond donors (Lipinski definition) is 2. The van der Waals surface area contributed by atoms with Crippen molar-refractivity contribution in [1.29, 1.82) is 0 Å². The minimum Gasteiger partial charge on any atom is -0.494 e. The summed E-state index contributed by atoms with van der Waals surface area (Å²) in [6.45, 7) is 4.07. The quantitative estimate of drug-likeness (QED) is 0.194. The molecule has 0 saturated carbocycles. The molecule has 3 heterocycles. The van der Waals surface area contributed by atoms with Gasteiger partial charge in [0.1, 0.15) is 0 Å². The van der Waals surface area contributed by atoms with Crippen LogP contribution in [-0.2, 0) is 4.79 Å². The first-order chi connectivity index (χ1) is 20.3. The maximum atomic E-state index is 13.0. The highest BCUT2D eigenvalue weighted by Crippen LogP contribution is 2.37. The van der Waals surface area contributed by atoms with Crippen LogP contribution in [0.4, 0.5) is 17.1 Å². The van der Waals surface area contributed by atoms with Gasteiger partial charge in [0.2, 0.25) is 12.7 Å². The fraction of sp³-hybridized carbons (Fsp3) is 0.267. The number of anilines is 1. The van der Waals surface area contributed by atoms with E-state index in [2.05, 4.69) is 21.8 Å². The lowest BCUT2D eigenvalue weighted by Crippen LogP contribution is -2.48. The molecule has 4 aromatic rings. The number of carbonyl (C=O) groups is 1. The Labute approximate surface area is 241 Å². The number of ether oxygens (including phenoxy) is 2. The number of benzene rings is 3. The highest BCUT2D eigenvalue weighted by molar-refractivity contribution is 6.22. The summed E-state index contributed by atoms with van der Waals surface area (Å²) in [5.74, 6) is 0.985. The minimum atomic E-state index is -0.488. The molecule has 1 fully saturated rings. The molecular formula is C30H30N6O6. The number of aliphatic imine (C=N–C) groups is 1. The number of piperazine rings is 1. The summed E-state index contributed by atoms with van der Waals surface area (Å²) < 4.78 is 11.0. The summed E-state index contributed by atoms with van der Waals surface area (Å²) in [6.07, 6.45) is 0. The van der Waals surface area contributed by atoms with E-state index in [9.17, 15) is 20.0 Å². The van der Waals surface area contributed by atoms with E-state index in [-0.39, 0.29) is 24.3 Å². The maximum Gasteiger partial charge on any atom is 0.271 e. The maximum absolute atomic E-state index is 13.0. The van der Waals surface area contributed by atoms with Crippen molar-refractivity contribution in [2.75, 3.05) is 58.5 Å². The summed E-state index contributed by atoms with van der Waals surface area (Å²) in [6, 6.07) is 17.0. The zero-order valence-corrected chi connectivity index (χ0v) is 23.2. The van der Waals surface area contributed by atoms with Crippen molar-refractivity contribution in [3.63, 3.8) is 0 Å². The normalized spacial score (nSPS) is 15.7. The van der Waals surface area contributed by atoms with Gasteiger partial charge in [0.25, 0.3) is 5.69 Å². The second-order valence-corrected chi connectivity index (χ2v) is 10.4. The van der Waals surface area contributed by atoms with Gasteiger partial charge in [-0.25, -0.2) is 4.99 Å². The smallest absolute Gasteiger partial charge is 0.271 e. The van der Waals surface area contributed by atoms with E-state index in [1.165, 1.54) is 12.1 Å². The van der Waals surface area contributed by atoms with Gasteiger partial charge in [-0.05, 0) is 55.6 Å². The lowest BCUT2D eigenvalue weighted by Gasteiger charge is -2.32. The molecule has 0 aliphatic carbocycles. The fourth-order valence-electron chi connectivity index (χ4n) is 5.16. The Hall–Kier alpha value is -4.94. The van der Waals surface area contributed by atoms with Crippen LogP contribution in [0.1, 0.15) is 11.1 Å². The highest BCUT2D eigenvalue weighted by atomic mass is 16.7. The van der Waals surface area contributed by atoms with Crippen LogP contribution < -0.4 is 14.4 Å². The Morgan fingerprint density at radius 3 is 2.52 bits per heavy atom. The molecule has 1 saturated heterocycles. The third kappa shape index (κ3) is 5.37. The number of hydrogen-bond acceptors (Lipinski definition) is 9. The minimum absolute atomic E-state index is 0.00895. The van der Waals surface area contributed by atoms with Crippen LogP contribution in [-0.4, -0.2) is 90.0 Å². The number of H-pyrrole nitrogens is 1. The van der Waals surface area contributed by atoms with Gasteiger partial charge in [-0.15, -0.1) is 0 Å². The van der Waals surface area contributed by atoms with Crippen LogP contribution in [0.5, 0.6) is 17.4 Å². The lowest BCUT2D eigenvalue weighted by atomic mass is 10.00. The number of nitrogens with zero attached hydrogens (tertiary/aromatic N) is 5. The van der Waals surface area contributed by atoms with Crippen molar-refractivity contribution in [2.24, 2.45) is 4.99 Å². The Morgan fingerprint density at radius 2 is 1.79 bits per heavy atom. The van der Waals surface area contributed by atoms with E-state index in [1.54, 1.807) is 42.3 Å². The zero-order chi connectivity index (χ0) is 29.4. The number of aromatic amines is 1. The first-order valence-electron chi connectivity index (χ1n) is 13.5. The average Bonchev–Trinajstić information content (AvgIpc) is 3.59.